The van der Waals surface area contributed by atoms with Gasteiger partial charge in [-0.1, -0.05) is 56.7 Å². The van der Waals surface area contributed by atoms with Crippen molar-refractivity contribution in [2.24, 2.45) is 0 Å². The zero-order valence-electron chi connectivity index (χ0n) is 19.0. The number of para-hydroxylation sites is 2. The van der Waals surface area contributed by atoms with E-state index in [0.29, 0.717) is 0 Å². The van der Waals surface area contributed by atoms with E-state index >= 15 is 0 Å². The summed E-state index contributed by atoms with van der Waals surface area (Å²) in [4.78, 5) is 4.72. The predicted molar refractivity (Wildman–Crippen MR) is 142 cm³/mol. The van der Waals surface area contributed by atoms with Gasteiger partial charge >= 0.3 is 0 Å². The molecule has 0 aromatic heterocycles. The molecular formula is C24H36IN3O2S. The van der Waals surface area contributed by atoms with Gasteiger partial charge in [-0.25, -0.2) is 0 Å². The lowest BCUT2D eigenvalue weighted by Crippen LogP contribution is -2.51. The fraction of sp³-hybridized carbons (Fsp3) is 0.500. The first-order valence-electron chi connectivity index (χ1n) is 11.1. The third-order valence-corrected chi connectivity index (χ3v) is 6.52. The van der Waals surface area contributed by atoms with Crippen LogP contribution in [0.15, 0.2) is 52.3 Å². The van der Waals surface area contributed by atoms with E-state index in [0.717, 1.165) is 65.6 Å². The molecule has 0 saturated heterocycles. The summed E-state index contributed by atoms with van der Waals surface area (Å²) in [5.41, 5.74) is 3.17. The van der Waals surface area contributed by atoms with E-state index in [1.165, 1.54) is 0 Å². The first-order valence-corrected chi connectivity index (χ1v) is 11.9. The molecule has 0 spiro atoms. The fourth-order valence-electron chi connectivity index (χ4n) is 3.96. The number of nitrogens with zero attached hydrogens (tertiary/aromatic N) is 3. The van der Waals surface area contributed by atoms with Crippen LogP contribution in [0.1, 0.15) is 53.4 Å². The maximum atomic E-state index is 10.6. The molecule has 1 aliphatic rings. The average Bonchev–Trinajstić information content (AvgIpc) is 2.72. The van der Waals surface area contributed by atoms with Gasteiger partial charge in [0.2, 0.25) is 0 Å². The fourth-order valence-corrected chi connectivity index (χ4v) is 5.03. The number of benzene rings is 2. The number of anilines is 3. The number of halogens is 1. The van der Waals surface area contributed by atoms with Crippen LogP contribution in [0.5, 0.6) is 0 Å². The van der Waals surface area contributed by atoms with E-state index in [-0.39, 0.29) is 24.0 Å². The van der Waals surface area contributed by atoms with Crippen LogP contribution in [0.25, 0.3) is 0 Å². The zero-order chi connectivity index (χ0) is 21.7. The molecule has 0 aliphatic carbocycles. The van der Waals surface area contributed by atoms with E-state index in [2.05, 4.69) is 49.1 Å². The van der Waals surface area contributed by atoms with Gasteiger partial charge in [0.15, 0.2) is 0 Å². The van der Waals surface area contributed by atoms with Crippen LogP contribution in [-0.2, 0) is 0 Å². The molecule has 2 aromatic carbocycles. The summed E-state index contributed by atoms with van der Waals surface area (Å²) in [5.74, 6) is 0. The van der Waals surface area contributed by atoms with E-state index in [1.807, 2.05) is 17.1 Å². The highest BCUT2D eigenvalue weighted by atomic mass is 127. The number of unbranched alkanes of at least 4 members (excludes halogenated alkanes) is 2. The Bertz CT molecular complexity index is 818. The van der Waals surface area contributed by atoms with Gasteiger partial charge in [0.05, 0.1) is 17.1 Å². The number of aliphatic hydroxyl groups is 2. The van der Waals surface area contributed by atoms with E-state index < -0.39 is 12.5 Å². The lowest BCUT2D eigenvalue weighted by molar-refractivity contribution is -0.0848. The molecule has 0 radical (unpaired) electrons. The summed E-state index contributed by atoms with van der Waals surface area (Å²) in [7, 11) is 0. The molecule has 172 valence electrons. The molecule has 7 heteroatoms. The minimum Gasteiger partial charge on any atom is -0.377 e. The topological polar surface area (TPSA) is 50.2 Å². The molecule has 0 bridgehead atoms. The van der Waals surface area contributed by atoms with Crippen LogP contribution in [-0.4, -0.2) is 40.8 Å². The van der Waals surface area contributed by atoms with Crippen molar-refractivity contribution in [1.82, 2.24) is 5.01 Å². The second-order valence-corrected chi connectivity index (χ2v) is 8.93. The predicted octanol–water partition coefficient (Wildman–Crippen LogP) is 6.21. The van der Waals surface area contributed by atoms with Gasteiger partial charge in [-0.05, 0) is 51.0 Å². The highest BCUT2D eigenvalue weighted by molar-refractivity contribution is 14.0. The van der Waals surface area contributed by atoms with Crippen molar-refractivity contribution < 1.29 is 10.2 Å². The Morgan fingerprint density at radius 2 is 1.45 bits per heavy atom. The smallest absolute Gasteiger partial charge is 0.124 e. The zero-order valence-corrected chi connectivity index (χ0v) is 22.1. The summed E-state index contributed by atoms with van der Waals surface area (Å²) >= 11 is 1.75. The third kappa shape index (κ3) is 5.87. The Morgan fingerprint density at radius 3 is 2.03 bits per heavy atom. The third-order valence-electron chi connectivity index (χ3n) is 5.40. The average molecular weight is 558 g/mol. The van der Waals surface area contributed by atoms with Gasteiger partial charge in [0, 0.05) is 22.9 Å². The highest BCUT2D eigenvalue weighted by Gasteiger charge is 2.35. The van der Waals surface area contributed by atoms with Gasteiger partial charge in [-0.2, -0.15) is 5.01 Å². The maximum Gasteiger partial charge on any atom is 0.124 e. The number of fused-ring (bicyclic) bond motifs is 2. The SMILES string of the molecule is CCCCN(CCCC)c1cccc2c1N(N(C(C)O)C(C)O)c1ccccc1S2.I. The minimum atomic E-state index is -0.846. The van der Waals surface area contributed by atoms with Crippen LogP contribution in [0.4, 0.5) is 17.1 Å². The molecule has 1 aliphatic heterocycles. The number of hydrogen-bond acceptors (Lipinski definition) is 6. The lowest BCUT2D eigenvalue weighted by atomic mass is 10.1. The Kier molecular flexibility index (Phi) is 10.4. The van der Waals surface area contributed by atoms with Crippen LogP contribution in [0.3, 0.4) is 0 Å². The lowest BCUT2D eigenvalue weighted by Gasteiger charge is -2.45. The molecule has 2 unspecified atom stereocenters. The van der Waals surface area contributed by atoms with Crippen LogP contribution >= 0.6 is 35.7 Å². The minimum absolute atomic E-state index is 0. The first kappa shape index (κ1) is 26.3. The molecule has 2 aromatic rings. The van der Waals surface area contributed by atoms with Gasteiger partial charge in [-0.3, -0.25) is 5.01 Å². The monoisotopic (exact) mass is 557 g/mol. The number of hydrogen-bond donors (Lipinski definition) is 2. The molecule has 2 N–H and O–H groups in total. The summed E-state index contributed by atoms with van der Waals surface area (Å²) in [6.07, 6.45) is 2.86. The Hall–Kier alpha value is -1.000. The van der Waals surface area contributed by atoms with Gasteiger partial charge in [-0.15, -0.1) is 24.0 Å². The summed E-state index contributed by atoms with van der Waals surface area (Å²) in [6.45, 7) is 9.84. The van der Waals surface area contributed by atoms with Crippen molar-refractivity contribution in [2.75, 3.05) is 23.0 Å². The second-order valence-electron chi connectivity index (χ2n) is 7.84. The van der Waals surface area contributed by atoms with E-state index in [1.54, 1.807) is 30.6 Å². The van der Waals surface area contributed by atoms with Crippen LogP contribution in [0.2, 0.25) is 0 Å². The standard InChI is InChI=1S/C24H35N3O2S.HI/c1-5-7-16-25(17-8-6-2)21-13-11-15-23-24(21)27(26(18(3)28)19(4)29)20-12-9-10-14-22(20)30-23;/h9-15,18-19,28-29H,5-8,16-17H2,1-4H3;1H. The Morgan fingerprint density at radius 1 is 0.871 bits per heavy atom. The molecule has 1 heterocycles. The molecule has 3 rings (SSSR count). The molecular weight excluding hydrogens is 521 g/mol. The first-order chi connectivity index (χ1) is 14.5. The van der Waals surface area contributed by atoms with Crippen molar-refractivity contribution in [2.45, 2.75) is 75.6 Å². The highest BCUT2D eigenvalue weighted by Crippen LogP contribution is 2.52. The number of rotatable bonds is 10. The molecule has 0 amide bonds. The van der Waals surface area contributed by atoms with E-state index in [9.17, 15) is 10.2 Å². The second kappa shape index (κ2) is 12.3. The van der Waals surface area contributed by atoms with Crippen molar-refractivity contribution in [3.8, 4) is 0 Å². The van der Waals surface area contributed by atoms with Crippen LogP contribution < -0.4 is 9.91 Å². The normalized spacial score (nSPS) is 14.5. The van der Waals surface area contributed by atoms with E-state index in [4.69, 9.17) is 0 Å². The summed E-state index contributed by atoms with van der Waals surface area (Å²) in [5, 5.41) is 24.9. The summed E-state index contributed by atoms with van der Waals surface area (Å²) < 4.78 is 0. The maximum absolute atomic E-state index is 10.6. The quantitative estimate of drug-likeness (QED) is 0.268. The van der Waals surface area contributed by atoms with Crippen molar-refractivity contribution in [1.29, 1.82) is 0 Å². The van der Waals surface area contributed by atoms with Gasteiger partial charge in [0.1, 0.15) is 12.5 Å². The Balaban J connectivity index is 0.00000341. The Labute approximate surface area is 208 Å². The van der Waals surface area contributed by atoms with Crippen LogP contribution in [0, 0.1) is 0 Å². The molecule has 31 heavy (non-hydrogen) atoms. The molecule has 0 fully saturated rings. The largest absolute Gasteiger partial charge is 0.377 e. The molecule has 0 saturated carbocycles. The van der Waals surface area contributed by atoms with Crippen molar-refractivity contribution in [3.63, 3.8) is 0 Å². The number of aliphatic hydroxyl groups excluding tert-OH is 2. The number of hydrazine groups is 1. The van der Waals surface area contributed by atoms with Gasteiger partial charge in [0.25, 0.3) is 0 Å². The molecule has 2 atom stereocenters. The van der Waals surface area contributed by atoms with Crippen molar-refractivity contribution >= 4 is 52.8 Å². The summed E-state index contributed by atoms with van der Waals surface area (Å²) in [6, 6.07) is 14.6. The van der Waals surface area contributed by atoms with Crippen molar-refractivity contribution in [3.05, 3.63) is 42.5 Å². The molecule has 5 nitrogen and oxygen atoms in total. The van der Waals surface area contributed by atoms with Gasteiger partial charge < -0.3 is 15.1 Å².